The number of amides is 1. The Hall–Kier alpha value is -0.970. The predicted octanol–water partition coefficient (Wildman–Crippen LogP) is 2.77. The molecule has 1 saturated heterocycles. The standard InChI is InChI=1S/C11H10BrF2NO/c12-10-5-7(13)1-2-9(10)11(16)15-4-3-8(14)6-15/h1-2,5,8H,3-4,6H2/t8-/m0/s1. The Balaban J connectivity index is 2.21. The lowest BCUT2D eigenvalue weighted by Gasteiger charge is -2.16. The Bertz CT molecular complexity index is 424. The van der Waals surface area contributed by atoms with Gasteiger partial charge in [0.1, 0.15) is 12.0 Å². The van der Waals surface area contributed by atoms with E-state index in [0.717, 1.165) is 0 Å². The van der Waals surface area contributed by atoms with E-state index in [4.69, 9.17) is 0 Å². The highest BCUT2D eigenvalue weighted by atomic mass is 79.9. The largest absolute Gasteiger partial charge is 0.336 e. The van der Waals surface area contributed by atoms with Gasteiger partial charge in [0.2, 0.25) is 0 Å². The second kappa shape index (κ2) is 4.49. The van der Waals surface area contributed by atoms with Crippen molar-refractivity contribution in [3.8, 4) is 0 Å². The lowest BCUT2D eigenvalue weighted by Crippen LogP contribution is -2.29. The van der Waals surface area contributed by atoms with Crippen LogP contribution in [0.3, 0.4) is 0 Å². The number of nitrogens with zero attached hydrogens (tertiary/aromatic N) is 1. The molecular weight excluding hydrogens is 280 g/mol. The smallest absolute Gasteiger partial charge is 0.255 e. The molecule has 1 fully saturated rings. The lowest BCUT2D eigenvalue weighted by molar-refractivity contribution is 0.0782. The topological polar surface area (TPSA) is 20.3 Å². The summed E-state index contributed by atoms with van der Waals surface area (Å²) in [6, 6.07) is 3.87. The number of hydrogen-bond acceptors (Lipinski definition) is 1. The first-order chi connectivity index (χ1) is 7.58. The van der Waals surface area contributed by atoms with Crippen molar-refractivity contribution in [1.82, 2.24) is 4.90 Å². The molecule has 1 amide bonds. The molecule has 0 saturated carbocycles. The maximum atomic E-state index is 12.9. The number of rotatable bonds is 1. The Morgan fingerprint density at radius 1 is 1.50 bits per heavy atom. The van der Waals surface area contributed by atoms with Gasteiger partial charge >= 0.3 is 0 Å². The summed E-state index contributed by atoms with van der Waals surface area (Å²) < 4.78 is 26.2. The third-order valence-corrected chi connectivity index (χ3v) is 3.24. The van der Waals surface area contributed by atoms with E-state index in [2.05, 4.69) is 15.9 Å². The molecule has 0 spiro atoms. The molecule has 1 aromatic rings. The molecule has 0 aromatic heterocycles. The van der Waals surface area contributed by atoms with Gasteiger partial charge in [-0.3, -0.25) is 4.79 Å². The molecule has 86 valence electrons. The number of halogens is 3. The van der Waals surface area contributed by atoms with E-state index in [1.54, 1.807) is 0 Å². The van der Waals surface area contributed by atoms with Gasteiger partial charge in [0.15, 0.2) is 0 Å². The number of carbonyl (C=O) groups is 1. The normalized spacial score (nSPS) is 20.2. The van der Waals surface area contributed by atoms with Crippen molar-refractivity contribution in [2.45, 2.75) is 12.6 Å². The Morgan fingerprint density at radius 2 is 2.25 bits per heavy atom. The van der Waals surface area contributed by atoms with Crippen LogP contribution in [-0.4, -0.2) is 30.1 Å². The van der Waals surface area contributed by atoms with Crippen LogP contribution in [0.1, 0.15) is 16.8 Å². The SMILES string of the molecule is O=C(c1ccc(F)cc1Br)N1CC[C@H](F)C1. The first kappa shape index (κ1) is 11.5. The Kier molecular flexibility index (Phi) is 3.23. The van der Waals surface area contributed by atoms with Gasteiger partial charge in [-0.25, -0.2) is 8.78 Å². The molecule has 1 heterocycles. The third-order valence-electron chi connectivity index (χ3n) is 2.58. The van der Waals surface area contributed by atoms with Crippen LogP contribution in [0.15, 0.2) is 22.7 Å². The zero-order valence-corrected chi connectivity index (χ0v) is 10.0. The predicted molar refractivity (Wildman–Crippen MR) is 59.5 cm³/mol. The van der Waals surface area contributed by atoms with Gasteiger partial charge in [0.05, 0.1) is 12.1 Å². The molecule has 2 nitrogen and oxygen atoms in total. The minimum Gasteiger partial charge on any atom is -0.336 e. The van der Waals surface area contributed by atoms with Crippen LogP contribution < -0.4 is 0 Å². The van der Waals surface area contributed by atoms with Crippen LogP contribution in [0.2, 0.25) is 0 Å². The molecule has 1 atom stereocenters. The summed E-state index contributed by atoms with van der Waals surface area (Å²) >= 11 is 3.13. The molecule has 0 aliphatic carbocycles. The van der Waals surface area contributed by atoms with E-state index in [0.29, 0.717) is 23.0 Å². The highest BCUT2D eigenvalue weighted by molar-refractivity contribution is 9.10. The van der Waals surface area contributed by atoms with E-state index >= 15 is 0 Å². The van der Waals surface area contributed by atoms with Crippen molar-refractivity contribution in [3.05, 3.63) is 34.1 Å². The van der Waals surface area contributed by atoms with Crippen LogP contribution in [0.5, 0.6) is 0 Å². The van der Waals surface area contributed by atoms with E-state index in [-0.39, 0.29) is 12.5 Å². The molecule has 0 radical (unpaired) electrons. The van der Waals surface area contributed by atoms with Gasteiger partial charge in [-0.15, -0.1) is 0 Å². The summed E-state index contributed by atoms with van der Waals surface area (Å²) in [6.07, 6.45) is -0.562. The fourth-order valence-electron chi connectivity index (χ4n) is 1.74. The zero-order valence-electron chi connectivity index (χ0n) is 8.42. The van der Waals surface area contributed by atoms with Crippen LogP contribution in [0.4, 0.5) is 8.78 Å². The van der Waals surface area contributed by atoms with E-state index in [1.165, 1.54) is 23.1 Å². The third kappa shape index (κ3) is 2.24. The molecule has 16 heavy (non-hydrogen) atoms. The maximum Gasteiger partial charge on any atom is 0.255 e. The summed E-state index contributed by atoms with van der Waals surface area (Å²) in [5.74, 6) is -0.666. The highest BCUT2D eigenvalue weighted by Crippen LogP contribution is 2.22. The Morgan fingerprint density at radius 3 is 2.81 bits per heavy atom. The molecular formula is C11H10BrF2NO. The van der Waals surface area contributed by atoms with Crippen LogP contribution in [-0.2, 0) is 0 Å². The summed E-state index contributed by atoms with van der Waals surface area (Å²) in [4.78, 5) is 13.4. The van der Waals surface area contributed by atoms with Crippen molar-refractivity contribution in [3.63, 3.8) is 0 Å². The summed E-state index contributed by atoms with van der Waals surface area (Å²) in [5.41, 5.74) is 0.371. The highest BCUT2D eigenvalue weighted by Gasteiger charge is 2.27. The summed E-state index contributed by atoms with van der Waals surface area (Å²) in [5, 5.41) is 0. The zero-order chi connectivity index (χ0) is 11.7. The monoisotopic (exact) mass is 289 g/mol. The van der Waals surface area contributed by atoms with Crippen molar-refractivity contribution in [1.29, 1.82) is 0 Å². The molecule has 1 aliphatic heterocycles. The first-order valence-corrected chi connectivity index (χ1v) is 5.75. The van der Waals surface area contributed by atoms with Gasteiger partial charge in [-0.1, -0.05) is 0 Å². The minimum absolute atomic E-state index is 0.128. The van der Waals surface area contributed by atoms with Gasteiger partial charge in [0.25, 0.3) is 5.91 Å². The maximum absolute atomic E-state index is 12.9. The van der Waals surface area contributed by atoms with Gasteiger partial charge in [-0.2, -0.15) is 0 Å². The first-order valence-electron chi connectivity index (χ1n) is 4.96. The van der Waals surface area contributed by atoms with Gasteiger partial charge in [-0.05, 0) is 40.5 Å². The van der Waals surface area contributed by atoms with E-state index < -0.39 is 12.0 Å². The second-order valence-corrected chi connectivity index (χ2v) is 4.62. The average molecular weight is 290 g/mol. The van der Waals surface area contributed by atoms with Crippen molar-refractivity contribution in [2.24, 2.45) is 0 Å². The lowest BCUT2D eigenvalue weighted by atomic mass is 10.2. The molecule has 5 heteroatoms. The quantitative estimate of drug-likeness (QED) is 0.779. The number of benzene rings is 1. The summed E-state index contributed by atoms with van der Waals surface area (Å²) in [6.45, 7) is 0.548. The second-order valence-electron chi connectivity index (χ2n) is 3.76. The van der Waals surface area contributed by atoms with Crippen molar-refractivity contribution >= 4 is 21.8 Å². The number of hydrogen-bond donors (Lipinski definition) is 0. The molecule has 0 N–H and O–H groups in total. The van der Waals surface area contributed by atoms with Crippen molar-refractivity contribution < 1.29 is 13.6 Å². The summed E-state index contributed by atoms with van der Waals surface area (Å²) in [7, 11) is 0. The van der Waals surface area contributed by atoms with Gasteiger partial charge < -0.3 is 4.90 Å². The number of alkyl halides is 1. The van der Waals surface area contributed by atoms with Gasteiger partial charge in [0, 0.05) is 11.0 Å². The molecule has 0 bridgehead atoms. The molecule has 0 unspecified atom stereocenters. The molecule has 1 aliphatic rings. The fraction of sp³-hybridized carbons (Fsp3) is 0.364. The average Bonchev–Trinajstić information content (AvgIpc) is 2.64. The van der Waals surface area contributed by atoms with Crippen LogP contribution >= 0.6 is 15.9 Å². The van der Waals surface area contributed by atoms with Crippen LogP contribution in [0, 0.1) is 5.82 Å². The number of carbonyl (C=O) groups excluding carboxylic acids is 1. The Labute approximate surface area is 100 Å². The molecule has 1 aromatic carbocycles. The number of likely N-dealkylation sites (tertiary alicyclic amines) is 1. The molecule has 2 rings (SSSR count). The van der Waals surface area contributed by atoms with E-state index in [9.17, 15) is 13.6 Å². The fourth-order valence-corrected chi connectivity index (χ4v) is 2.26. The minimum atomic E-state index is -0.942. The van der Waals surface area contributed by atoms with Crippen molar-refractivity contribution in [2.75, 3.05) is 13.1 Å². The van der Waals surface area contributed by atoms with Crippen LogP contribution in [0.25, 0.3) is 0 Å². The van der Waals surface area contributed by atoms with E-state index in [1.807, 2.05) is 0 Å².